The lowest BCUT2D eigenvalue weighted by atomic mass is 10.1. The lowest BCUT2D eigenvalue weighted by Gasteiger charge is -2.13. The minimum Gasteiger partial charge on any atom is -0.469 e. The van der Waals surface area contributed by atoms with Crippen molar-refractivity contribution in [1.82, 2.24) is 4.98 Å². The Hall–Kier alpha value is -2.69. The second kappa shape index (κ2) is 6.17. The Bertz CT molecular complexity index is 611. The molecule has 0 bridgehead atoms. The quantitative estimate of drug-likeness (QED) is 0.508. The Kier molecular flexibility index (Phi) is 4.33. The van der Waals surface area contributed by atoms with Gasteiger partial charge in [0.1, 0.15) is 11.6 Å². The summed E-state index contributed by atoms with van der Waals surface area (Å²) in [7, 11) is 1.34. The van der Waals surface area contributed by atoms with E-state index in [1.54, 1.807) is 6.07 Å². The normalized spacial score (nSPS) is 20.6. The molecule has 8 nitrogen and oxygen atoms in total. The molecule has 1 N–H and O–H groups in total. The zero-order valence-corrected chi connectivity index (χ0v) is 11.4. The summed E-state index contributed by atoms with van der Waals surface area (Å²) in [4.78, 5) is 25.9. The van der Waals surface area contributed by atoms with Crippen molar-refractivity contribution in [2.75, 3.05) is 12.4 Å². The lowest BCUT2D eigenvalue weighted by molar-refractivity contribution is -0.384. The highest BCUT2D eigenvalue weighted by Crippen LogP contribution is 2.32. The second-order valence-corrected chi connectivity index (χ2v) is 4.80. The van der Waals surface area contributed by atoms with Gasteiger partial charge in [0.25, 0.3) is 0 Å². The van der Waals surface area contributed by atoms with Gasteiger partial charge in [0, 0.05) is 12.2 Å². The average Bonchev–Trinajstić information content (AvgIpc) is 2.94. The maximum absolute atomic E-state index is 11.5. The van der Waals surface area contributed by atoms with Gasteiger partial charge in [-0.2, -0.15) is 5.26 Å². The number of carbonyl (C=O) groups is 1. The molecule has 110 valence electrons. The van der Waals surface area contributed by atoms with Gasteiger partial charge in [0.2, 0.25) is 5.82 Å². The van der Waals surface area contributed by atoms with Gasteiger partial charge in [-0.1, -0.05) is 0 Å². The molecular formula is C13H14N4O4. The lowest BCUT2D eigenvalue weighted by Crippen LogP contribution is -2.20. The molecule has 1 heterocycles. The molecule has 0 amide bonds. The minimum atomic E-state index is -0.624. The van der Waals surface area contributed by atoms with Crippen LogP contribution in [0.1, 0.15) is 24.8 Å². The van der Waals surface area contributed by atoms with Crippen molar-refractivity contribution in [3.05, 3.63) is 27.9 Å². The number of rotatable bonds is 4. The number of anilines is 1. The predicted octanol–water partition coefficient (Wildman–Crippen LogP) is 1.62. The molecule has 1 aliphatic carbocycles. The van der Waals surface area contributed by atoms with Crippen LogP contribution in [0, 0.1) is 27.4 Å². The molecule has 0 radical (unpaired) electrons. The van der Waals surface area contributed by atoms with E-state index in [2.05, 4.69) is 10.3 Å². The number of aromatic nitrogens is 1. The number of esters is 1. The van der Waals surface area contributed by atoms with Crippen LogP contribution < -0.4 is 5.32 Å². The number of nitriles is 1. The first-order valence-corrected chi connectivity index (χ1v) is 6.44. The Labute approximate surface area is 120 Å². The van der Waals surface area contributed by atoms with Crippen LogP contribution in [-0.2, 0) is 9.53 Å². The van der Waals surface area contributed by atoms with Crippen LogP contribution in [0.2, 0.25) is 0 Å². The summed E-state index contributed by atoms with van der Waals surface area (Å²) >= 11 is 0. The van der Waals surface area contributed by atoms with Gasteiger partial charge in [-0.05, 0) is 25.3 Å². The molecule has 0 unspecified atom stereocenters. The van der Waals surface area contributed by atoms with E-state index in [1.807, 2.05) is 0 Å². The number of hydrogen-bond donors (Lipinski definition) is 1. The summed E-state index contributed by atoms with van der Waals surface area (Å²) in [6.45, 7) is 0. The van der Waals surface area contributed by atoms with E-state index >= 15 is 0 Å². The van der Waals surface area contributed by atoms with Crippen molar-refractivity contribution in [3.63, 3.8) is 0 Å². The highest BCUT2D eigenvalue weighted by atomic mass is 16.6. The van der Waals surface area contributed by atoms with Gasteiger partial charge in [-0.25, -0.2) is 4.98 Å². The first-order chi connectivity index (χ1) is 10.1. The Morgan fingerprint density at radius 3 is 3.00 bits per heavy atom. The maximum Gasteiger partial charge on any atom is 0.328 e. The molecule has 1 aliphatic rings. The fourth-order valence-electron chi connectivity index (χ4n) is 2.52. The van der Waals surface area contributed by atoms with E-state index in [0.29, 0.717) is 19.3 Å². The maximum atomic E-state index is 11.5. The van der Waals surface area contributed by atoms with E-state index in [1.165, 1.54) is 19.4 Å². The van der Waals surface area contributed by atoms with Gasteiger partial charge in [-0.15, -0.1) is 0 Å². The minimum absolute atomic E-state index is 0.0417. The Morgan fingerprint density at radius 2 is 2.38 bits per heavy atom. The predicted molar refractivity (Wildman–Crippen MR) is 72.4 cm³/mol. The van der Waals surface area contributed by atoms with Crippen molar-refractivity contribution in [1.29, 1.82) is 5.26 Å². The number of pyridine rings is 1. The number of nitrogens with one attached hydrogen (secondary N) is 1. The molecule has 2 atom stereocenters. The number of methoxy groups -OCH3 is 1. The van der Waals surface area contributed by atoms with Crippen LogP contribution in [0.15, 0.2) is 12.3 Å². The van der Waals surface area contributed by atoms with Crippen LogP contribution in [-0.4, -0.2) is 29.0 Å². The number of ether oxygens (including phenoxy) is 1. The Morgan fingerprint density at radius 1 is 1.62 bits per heavy atom. The van der Waals surface area contributed by atoms with Gasteiger partial charge in [0.15, 0.2) is 0 Å². The van der Waals surface area contributed by atoms with Crippen molar-refractivity contribution in [2.24, 2.45) is 5.92 Å². The van der Waals surface area contributed by atoms with Crippen LogP contribution in [0.4, 0.5) is 11.5 Å². The molecule has 8 heteroatoms. The smallest absolute Gasteiger partial charge is 0.328 e. The number of hydrogen-bond acceptors (Lipinski definition) is 7. The van der Waals surface area contributed by atoms with Crippen LogP contribution in [0.5, 0.6) is 0 Å². The van der Waals surface area contributed by atoms with Crippen molar-refractivity contribution in [3.8, 4) is 6.07 Å². The van der Waals surface area contributed by atoms with E-state index < -0.39 is 4.92 Å². The molecule has 1 fully saturated rings. The monoisotopic (exact) mass is 290 g/mol. The number of carbonyl (C=O) groups excluding carboxylic acids is 1. The molecule has 0 aromatic carbocycles. The standard InChI is InChI=1S/C13H14N4O4/c1-21-13(18)8-2-3-10(6-8)16-12-11(17(19)20)9(7-14)4-5-15-12/h4-5,8,10H,2-3,6H2,1H3,(H,15,16)/t8-,10+/m0/s1. The molecule has 0 saturated heterocycles. The zero-order chi connectivity index (χ0) is 15.4. The first kappa shape index (κ1) is 14.7. The summed E-state index contributed by atoms with van der Waals surface area (Å²) < 4.78 is 4.70. The van der Waals surface area contributed by atoms with Crippen LogP contribution in [0.3, 0.4) is 0 Å². The fourth-order valence-corrected chi connectivity index (χ4v) is 2.52. The Balaban J connectivity index is 2.16. The molecule has 0 aliphatic heterocycles. The largest absolute Gasteiger partial charge is 0.469 e. The summed E-state index contributed by atoms with van der Waals surface area (Å²) in [5, 5.41) is 23.0. The van der Waals surface area contributed by atoms with Crippen molar-refractivity contribution >= 4 is 17.5 Å². The molecule has 0 spiro atoms. The van der Waals surface area contributed by atoms with Crippen molar-refractivity contribution < 1.29 is 14.5 Å². The fraction of sp³-hybridized carbons (Fsp3) is 0.462. The van der Waals surface area contributed by atoms with Crippen LogP contribution in [0.25, 0.3) is 0 Å². The molecule has 2 rings (SSSR count). The topological polar surface area (TPSA) is 118 Å². The molecule has 21 heavy (non-hydrogen) atoms. The highest BCUT2D eigenvalue weighted by molar-refractivity contribution is 5.73. The number of nitro groups is 1. The molecular weight excluding hydrogens is 276 g/mol. The average molecular weight is 290 g/mol. The highest BCUT2D eigenvalue weighted by Gasteiger charge is 2.32. The summed E-state index contributed by atoms with van der Waals surface area (Å²) in [6, 6.07) is 2.98. The van der Waals surface area contributed by atoms with Crippen molar-refractivity contribution in [2.45, 2.75) is 25.3 Å². The van der Waals surface area contributed by atoms with Gasteiger partial charge in [-0.3, -0.25) is 14.9 Å². The van der Waals surface area contributed by atoms with E-state index in [9.17, 15) is 14.9 Å². The third-order valence-corrected chi connectivity index (χ3v) is 3.54. The summed E-state index contributed by atoms with van der Waals surface area (Å²) in [5.41, 5.74) is -0.374. The van der Waals surface area contributed by atoms with Gasteiger partial charge in [0.05, 0.1) is 18.0 Å². The van der Waals surface area contributed by atoms with E-state index in [-0.39, 0.29) is 35.0 Å². The summed E-state index contributed by atoms with van der Waals surface area (Å²) in [5.74, 6) is -0.409. The third kappa shape index (κ3) is 3.08. The summed E-state index contributed by atoms with van der Waals surface area (Å²) in [6.07, 6.45) is 3.23. The van der Waals surface area contributed by atoms with E-state index in [0.717, 1.165) is 0 Å². The first-order valence-electron chi connectivity index (χ1n) is 6.44. The molecule has 1 saturated carbocycles. The molecule has 1 aromatic heterocycles. The van der Waals surface area contributed by atoms with Gasteiger partial charge < -0.3 is 10.1 Å². The SMILES string of the molecule is COC(=O)[C@H]1CC[C@@H](Nc2nccc(C#N)c2[N+](=O)[O-])C1. The third-order valence-electron chi connectivity index (χ3n) is 3.54. The number of nitrogens with zero attached hydrogens (tertiary/aromatic N) is 3. The molecule has 1 aromatic rings. The second-order valence-electron chi connectivity index (χ2n) is 4.80. The van der Waals surface area contributed by atoms with Crippen LogP contribution >= 0.6 is 0 Å². The zero-order valence-electron chi connectivity index (χ0n) is 11.4. The van der Waals surface area contributed by atoms with E-state index in [4.69, 9.17) is 10.00 Å². The van der Waals surface area contributed by atoms with Gasteiger partial charge >= 0.3 is 11.7 Å².